The number of ether oxygens (including phenoxy) is 2. The third-order valence-electron chi connectivity index (χ3n) is 2.25. The summed E-state index contributed by atoms with van der Waals surface area (Å²) in [5.74, 6) is 6.01. The Hall–Kier alpha value is -0.560. The Balaban J connectivity index is 1.92. The van der Waals surface area contributed by atoms with Crippen molar-refractivity contribution in [3.63, 3.8) is 0 Å². The lowest BCUT2D eigenvalue weighted by Gasteiger charge is -2.22. The molecule has 1 heterocycles. The Kier molecular flexibility index (Phi) is 7.28. The second-order valence-corrected chi connectivity index (χ2v) is 3.60. The van der Waals surface area contributed by atoms with E-state index in [1.165, 1.54) is 6.42 Å². The smallest absolute Gasteiger partial charge is 0.157 e. The molecule has 0 aromatic rings. The van der Waals surface area contributed by atoms with Crippen molar-refractivity contribution in [1.29, 1.82) is 0 Å². The van der Waals surface area contributed by atoms with Gasteiger partial charge in [-0.3, -0.25) is 0 Å². The molecule has 1 fully saturated rings. The van der Waals surface area contributed by atoms with Crippen LogP contribution in [0.5, 0.6) is 0 Å². The number of aliphatic hydroxyl groups is 1. The van der Waals surface area contributed by atoms with E-state index < -0.39 is 0 Å². The van der Waals surface area contributed by atoms with Gasteiger partial charge in [0, 0.05) is 26.1 Å². The van der Waals surface area contributed by atoms with E-state index in [-0.39, 0.29) is 12.9 Å². The van der Waals surface area contributed by atoms with Gasteiger partial charge in [-0.2, -0.15) is 0 Å². The van der Waals surface area contributed by atoms with Crippen LogP contribution >= 0.6 is 0 Å². The molecule has 0 aliphatic carbocycles. The molecule has 1 rings (SSSR count). The van der Waals surface area contributed by atoms with Gasteiger partial charge in [-0.15, -0.1) is 11.8 Å². The summed E-state index contributed by atoms with van der Waals surface area (Å²) in [6, 6.07) is 0. The van der Waals surface area contributed by atoms with Gasteiger partial charge in [0.25, 0.3) is 0 Å². The lowest BCUT2D eigenvalue weighted by molar-refractivity contribution is -0.161. The average molecular weight is 212 g/mol. The minimum absolute atomic E-state index is 0.00186. The number of rotatable bonds is 5. The summed E-state index contributed by atoms with van der Waals surface area (Å²) in [6.45, 7) is 1.70. The molecule has 1 unspecified atom stereocenters. The molecule has 0 radical (unpaired) electrons. The van der Waals surface area contributed by atoms with Crippen LogP contribution < -0.4 is 0 Å². The van der Waals surface area contributed by atoms with Crippen molar-refractivity contribution in [2.45, 2.75) is 44.8 Å². The van der Waals surface area contributed by atoms with E-state index in [0.29, 0.717) is 6.61 Å². The molecule has 1 N–H and O–H groups in total. The zero-order valence-corrected chi connectivity index (χ0v) is 9.21. The Bertz CT molecular complexity index is 199. The van der Waals surface area contributed by atoms with Crippen molar-refractivity contribution in [2.24, 2.45) is 0 Å². The van der Waals surface area contributed by atoms with E-state index in [1.54, 1.807) is 0 Å². The van der Waals surface area contributed by atoms with Crippen molar-refractivity contribution in [3.8, 4) is 11.8 Å². The number of unbranched alkanes of at least 4 members (excludes halogenated alkanes) is 1. The molecular weight excluding hydrogens is 192 g/mol. The molecule has 1 saturated heterocycles. The highest BCUT2D eigenvalue weighted by molar-refractivity contribution is 4.98. The molecule has 3 heteroatoms. The lowest BCUT2D eigenvalue weighted by Crippen LogP contribution is -2.22. The predicted molar refractivity (Wildman–Crippen MR) is 58.3 cm³/mol. The number of hydrogen-bond donors (Lipinski definition) is 1. The van der Waals surface area contributed by atoms with Crippen LogP contribution in [-0.2, 0) is 9.47 Å². The quantitative estimate of drug-likeness (QED) is 0.557. The number of hydrogen-bond acceptors (Lipinski definition) is 3. The molecule has 0 saturated carbocycles. The highest BCUT2D eigenvalue weighted by Crippen LogP contribution is 2.13. The van der Waals surface area contributed by atoms with Crippen molar-refractivity contribution in [2.75, 3.05) is 19.8 Å². The second kappa shape index (κ2) is 8.72. The molecule has 0 aromatic heterocycles. The molecule has 15 heavy (non-hydrogen) atoms. The number of aliphatic hydroxyl groups excluding tert-OH is 1. The first-order chi connectivity index (χ1) is 7.43. The Morgan fingerprint density at radius 1 is 1.27 bits per heavy atom. The van der Waals surface area contributed by atoms with Gasteiger partial charge in [0.2, 0.25) is 0 Å². The van der Waals surface area contributed by atoms with E-state index in [4.69, 9.17) is 14.6 Å². The monoisotopic (exact) mass is 212 g/mol. The van der Waals surface area contributed by atoms with Crippen molar-refractivity contribution >= 4 is 0 Å². The van der Waals surface area contributed by atoms with E-state index in [1.807, 2.05) is 0 Å². The first kappa shape index (κ1) is 12.5. The summed E-state index contributed by atoms with van der Waals surface area (Å²) in [7, 11) is 0. The van der Waals surface area contributed by atoms with Gasteiger partial charge in [0.1, 0.15) is 0 Å². The minimum atomic E-state index is -0.00186. The predicted octanol–water partition coefficient (Wildman–Crippen LogP) is 1.70. The van der Waals surface area contributed by atoms with E-state index in [2.05, 4.69) is 11.8 Å². The zero-order valence-electron chi connectivity index (χ0n) is 9.21. The van der Waals surface area contributed by atoms with Gasteiger partial charge >= 0.3 is 0 Å². The molecule has 0 spiro atoms. The summed E-state index contributed by atoms with van der Waals surface area (Å²) < 4.78 is 10.9. The van der Waals surface area contributed by atoms with Crippen LogP contribution in [0.1, 0.15) is 38.5 Å². The second-order valence-electron chi connectivity index (χ2n) is 3.60. The van der Waals surface area contributed by atoms with Crippen LogP contribution in [0.25, 0.3) is 0 Å². The van der Waals surface area contributed by atoms with Gasteiger partial charge in [0.15, 0.2) is 6.29 Å². The average Bonchev–Trinajstić information content (AvgIpc) is 2.29. The summed E-state index contributed by atoms with van der Waals surface area (Å²) in [6.07, 6.45) is 5.66. The topological polar surface area (TPSA) is 38.7 Å². The van der Waals surface area contributed by atoms with Gasteiger partial charge in [0.05, 0.1) is 6.61 Å². The van der Waals surface area contributed by atoms with Crippen molar-refractivity contribution in [1.82, 2.24) is 0 Å². The van der Waals surface area contributed by atoms with Crippen LogP contribution in [0.15, 0.2) is 0 Å². The van der Waals surface area contributed by atoms with E-state index in [0.717, 1.165) is 38.7 Å². The Morgan fingerprint density at radius 3 is 2.87 bits per heavy atom. The summed E-state index contributed by atoms with van der Waals surface area (Å²) in [4.78, 5) is 0. The van der Waals surface area contributed by atoms with Gasteiger partial charge in [-0.25, -0.2) is 0 Å². The SMILES string of the molecule is OCCCC#CCCOC1CCCCO1. The summed E-state index contributed by atoms with van der Waals surface area (Å²) in [5.41, 5.74) is 0. The van der Waals surface area contributed by atoms with Crippen LogP contribution in [0, 0.1) is 11.8 Å². The highest BCUT2D eigenvalue weighted by atomic mass is 16.7. The normalized spacial score (nSPS) is 20.7. The van der Waals surface area contributed by atoms with Crippen LogP contribution in [0.3, 0.4) is 0 Å². The van der Waals surface area contributed by atoms with E-state index >= 15 is 0 Å². The molecule has 0 bridgehead atoms. The first-order valence-electron chi connectivity index (χ1n) is 5.73. The lowest BCUT2D eigenvalue weighted by atomic mass is 10.2. The maximum absolute atomic E-state index is 8.53. The standard InChI is InChI=1S/C12H20O3/c13-9-5-2-1-3-6-10-14-12-8-4-7-11-15-12/h12-13H,2,4-11H2. The van der Waals surface area contributed by atoms with E-state index in [9.17, 15) is 0 Å². The molecule has 1 aliphatic rings. The molecule has 0 amide bonds. The molecule has 1 aliphatic heterocycles. The van der Waals surface area contributed by atoms with Gasteiger partial charge in [-0.1, -0.05) is 0 Å². The molecule has 0 aromatic carbocycles. The minimum Gasteiger partial charge on any atom is -0.396 e. The molecular formula is C12H20O3. The largest absolute Gasteiger partial charge is 0.396 e. The fraction of sp³-hybridized carbons (Fsp3) is 0.833. The fourth-order valence-corrected chi connectivity index (χ4v) is 1.43. The maximum Gasteiger partial charge on any atom is 0.157 e. The highest BCUT2D eigenvalue weighted by Gasteiger charge is 2.12. The van der Waals surface area contributed by atoms with Gasteiger partial charge < -0.3 is 14.6 Å². The van der Waals surface area contributed by atoms with Crippen LogP contribution in [0.4, 0.5) is 0 Å². The fourth-order valence-electron chi connectivity index (χ4n) is 1.43. The molecule has 1 atom stereocenters. The Labute approximate surface area is 91.8 Å². The van der Waals surface area contributed by atoms with Crippen LogP contribution in [-0.4, -0.2) is 31.2 Å². The molecule has 86 valence electrons. The van der Waals surface area contributed by atoms with Crippen LogP contribution in [0.2, 0.25) is 0 Å². The third-order valence-corrected chi connectivity index (χ3v) is 2.25. The summed E-state index contributed by atoms with van der Waals surface area (Å²) in [5, 5.41) is 8.53. The van der Waals surface area contributed by atoms with Crippen molar-refractivity contribution < 1.29 is 14.6 Å². The Morgan fingerprint density at radius 2 is 2.13 bits per heavy atom. The first-order valence-corrected chi connectivity index (χ1v) is 5.73. The van der Waals surface area contributed by atoms with Crippen molar-refractivity contribution in [3.05, 3.63) is 0 Å². The summed E-state index contributed by atoms with van der Waals surface area (Å²) >= 11 is 0. The third kappa shape index (κ3) is 6.51. The molecule has 3 nitrogen and oxygen atoms in total. The van der Waals surface area contributed by atoms with Gasteiger partial charge in [-0.05, 0) is 25.7 Å². The maximum atomic E-state index is 8.53. The zero-order chi connectivity index (χ0) is 10.8.